The Morgan fingerprint density at radius 2 is 2.07 bits per heavy atom. The summed E-state index contributed by atoms with van der Waals surface area (Å²) in [5, 5.41) is 3.32. The van der Waals surface area contributed by atoms with E-state index in [2.05, 4.69) is 5.32 Å². The number of carbonyl (C=O) groups is 1. The van der Waals surface area contributed by atoms with Crippen LogP contribution in [0.15, 0.2) is 0 Å². The van der Waals surface area contributed by atoms with E-state index in [1.54, 1.807) is 0 Å². The summed E-state index contributed by atoms with van der Waals surface area (Å²) in [6.07, 6.45) is 1.90. The number of nitrogens with one attached hydrogen (secondary N) is 1. The molecular weight excluding hydrogens is 185 g/mol. The highest BCUT2D eigenvalue weighted by molar-refractivity contribution is 5.72. The van der Waals surface area contributed by atoms with Gasteiger partial charge in [0, 0.05) is 18.6 Å². The third kappa shape index (κ3) is 2.35. The fourth-order valence-corrected chi connectivity index (χ4v) is 1.92. The van der Waals surface area contributed by atoms with Crippen LogP contribution >= 0.6 is 0 Å². The van der Waals surface area contributed by atoms with Crippen molar-refractivity contribution in [2.45, 2.75) is 37.5 Å². The minimum atomic E-state index is -0.938. The van der Waals surface area contributed by atoms with Gasteiger partial charge in [-0.3, -0.25) is 0 Å². The van der Waals surface area contributed by atoms with Crippen molar-refractivity contribution in [2.75, 3.05) is 13.1 Å². The lowest BCUT2D eigenvalue weighted by Crippen LogP contribution is -2.53. The molecule has 0 radical (unpaired) electrons. The highest BCUT2D eigenvalue weighted by atomic mass is 19.1. The van der Waals surface area contributed by atoms with Gasteiger partial charge in [0.2, 0.25) is 0 Å². The van der Waals surface area contributed by atoms with Gasteiger partial charge in [0.05, 0.1) is 6.54 Å². The minimum Gasteiger partial charge on any atom is -0.351 e. The second kappa shape index (κ2) is 3.73. The van der Waals surface area contributed by atoms with Crippen molar-refractivity contribution in [2.24, 2.45) is 5.73 Å². The van der Waals surface area contributed by atoms with Gasteiger partial charge in [-0.25, -0.2) is 9.18 Å². The first-order valence-electron chi connectivity index (χ1n) is 5.09. The average Bonchev–Trinajstić information content (AvgIpc) is 2.87. The fourth-order valence-electron chi connectivity index (χ4n) is 1.92. The van der Waals surface area contributed by atoms with Gasteiger partial charge >= 0.3 is 6.03 Å². The lowest BCUT2D eigenvalue weighted by molar-refractivity contribution is 0.127. The highest BCUT2D eigenvalue weighted by Gasteiger charge is 2.32. The van der Waals surface area contributed by atoms with Crippen molar-refractivity contribution >= 4 is 6.03 Å². The van der Waals surface area contributed by atoms with Crippen LogP contribution in [0.1, 0.15) is 19.3 Å². The molecule has 1 aliphatic heterocycles. The van der Waals surface area contributed by atoms with Crippen LogP contribution in [0, 0.1) is 0 Å². The van der Waals surface area contributed by atoms with Crippen molar-refractivity contribution in [1.82, 2.24) is 10.2 Å². The molecule has 2 atom stereocenters. The van der Waals surface area contributed by atoms with Crippen molar-refractivity contribution in [1.29, 1.82) is 0 Å². The van der Waals surface area contributed by atoms with E-state index < -0.39 is 12.2 Å². The molecule has 2 rings (SSSR count). The molecule has 2 aliphatic rings. The number of hydrogen-bond donors (Lipinski definition) is 2. The average molecular weight is 201 g/mol. The van der Waals surface area contributed by atoms with E-state index in [0.29, 0.717) is 19.0 Å². The molecule has 14 heavy (non-hydrogen) atoms. The Labute approximate surface area is 82.6 Å². The lowest BCUT2D eigenvalue weighted by atomic mass is 10.0. The molecule has 1 saturated heterocycles. The third-order valence-corrected chi connectivity index (χ3v) is 2.76. The smallest absolute Gasteiger partial charge is 0.314 e. The summed E-state index contributed by atoms with van der Waals surface area (Å²) < 4.78 is 13.2. The molecule has 0 spiro atoms. The largest absolute Gasteiger partial charge is 0.351 e. The lowest BCUT2D eigenvalue weighted by Gasteiger charge is -2.34. The van der Waals surface area contributed by atoms with Crippen molar-refractivity contribution in [3.05, 3.63) is 0 Å². The summed E-state index contributed by atoms with van der Waals surface area (Å²) in [5.74, 6) is 0. The SMILES string of the molecule is NC(=O)N1CC(NC2CC2)C[C@H](F)C1. The molecule has 3 N–H and O–H groups in total. The third-order valence-electron chi connectivity index (χ3n) is 2.76. The van der Waals surface area contributed by atoms with E-state index in [1.807, 2.05) is 0 Å². The fraction of sp³-hybridized carbons (Fsp3) is 0.889. The Balaban J connectivity index is 1.87. The summed E-state index contributed by atoms with van der Waals surface area (Å²) in [5.41, 5.74) is 5.13. The Morgan fingerprint density at radius 1 is 1.36 bits per heavy atom. The van der Waals surface area contributed by atoms with Crippen molar-refractivity contribution < 1.29 is 9.18 Å². The summed E-state index contributed by atoms with van der Waals surface area (Å²) in [6, 6.07) is 0.105. The zero-order valence-electron chi connectivity index (χ0n) is 8.08. The van der Waals surface area contributed by atoms with Gasteiger partial charge in [0.1, 0.15) is 6.17 Å². The van der Waals surface area contributed by atoms with Crippen LogP contribution in [-0.4, -0.2) is 42.3 Å². The van der Waals surface area contributed by atoms with E-state index in [-0.39, 0.29) is 12.6 Å². The number of primary amides is 1. The summed E-state index contributed by atoms with van der Waals surface area (Å²) in [7, 11) is 0. The zero-order chi connectivity index (χ0) is 10.1. The number of likely N-dealkylation sites (tertiary alicyclic amines) is 1. The summed E-state index contributed by atoms with van der Waals surface area (Å²) in [4.78, 5) is 12.3. The van der Waals surface area contributed by atoms with E-state index in [4.69, 9.17) is 5.73 Å². The second-order valence-corrected chi connectivity index (χ2v) is 4.21. The Kier molecular flexibility index (Phi) is 2.58. The molecule has 0 aromatic heterocycles. The standard InChI is InChI=1S/C9H16FN3O/c10-6-3-8(12-7-1-2-7)5-13(4-6)9(11)14/h6-8,12H,1-5H2,(H2,11,14)/t6-,8?/m0/s1. The number of carbonyl (C=O) groups excluding carboxylic acids is 1. The molecule has 2 fully saturated rings. The van der Waals surface area contributed by atoms with Gasteiger partial charge in [-0.2, -0.15) is 0 Å². The number of halogens is 1. The minimum absolute atomic E-state index is 0.0822. The molecule has 1 heterocycles. The van der Waals surface area contributed by atoms with E-state index in [9.17, 15) is 9.18 Å². The van der Waals surface area contributed by atoms with Gasteiger partial charge < -0.3 is 16.0 Å². The van der Waals surface area contributed by atoms with Gasteiger partial charge in [-0.15, -0.1) is 0 Å². The molecule has 2 amide bonds. The molecule has 80 valence electrons. The number of alkyl halides is 1. The van der Waals surface area contributed by atoms with Crippen LogP contribution in [0.3, 0.4) is 0 Å². The molecule has 1 unspecified atom stereocenters. The number of hydrogen-bond acceptors (Lipinski definition) is 2. The van der Waals surface area contributed by atoms with Crippen molar-refractivity contribution in [3.8, 4) is 0 Å². The van der Waals surface area contributed by atoms with Crippen LogP contribution in [0.2, 0.25) is 0 Å². The predicted molar refractivity (Wildman–Crippen MR) is 50.6 cm³/mol. The number of piperidine rings is 1. The normalized spacial score (nSPS) is 33.1. The number of nitrogens with zero attached hydrogens (tertiary/aromatic N) is 1. The maximum atomic E-state index is 13.2. The first kappa shape index (κ1) is 9.71. The number of rotatable bonds is 2. The molecule has 0 aromatic carbocycles. The van der Waals surface area contributed by atoms with E-state index in [1.165, 1.54) is 17.7 Å². The quantitative estimate of drug-likeness (QED) is 0.672. The Bertz CT molecular complexity index is 230. The number of amides is 2. The highest BCUT2D eigenvalue weighted by Crippen LogP contribution is 2.22. The summed E-state index contributed by atoms with van der Waals surface area (Å²) in [6.45, 7) is 0.699. The molecule has 0 aromatic rings. The molecular formula is C9H16FN3O. The van der Waals surface area contributed by atoms with Crippen LogP contribution in [0.25, 0.3) is 0 Å². The number of urea groups is 1. The van der Waals surface area contributed by atoms with Crippen LogP contribution in [0.5, 0.6) is 0 Å². The molecule has 0 bridgehead atoms. The maximum absolute atomic E-state index is 13.2. The topological polar surface area (TPSA) is 58.4 Å². The summed E-state index contributed by atoms with van der Waals surface area (Å²) >= 11 is 0. The first-order chi connectivity index (χ1) is 6.65. The van der Waals surface area contributed by atoms with Crippen LogP contribution in [-0.2, 0) is 0 Å². The Morgan fingerprint density at radius 3 is 2.64 bits per heavy atom. The van der Waals surface area contributed by atoms with Crippen LogP contribution < -0.4 is 11.1 Å². The van der Waals surface area contributed by atoms with Gasteiger partial charge in [-0.05, 0) is 19.3 Å². The van der Waals surface area contributed by atoms with E-state index in [0.717, 1.165) is 0 Å². The monoisotopic (exact) mass is 201 g/mol. The molecule has 1 aliphatic carbocycles. The maximum Gasteiger partial charge on any atom is 0.314 e. The van der Waals surface area contributed by atoms with Crippen LogP contribution in [0.4, 0.5) is 9.18 Å². The Hall–Kier alpha value is -0.840. The van der Waals surface area contributed by atoms with Gasteiger partial charge in [-0.1, -0.05) is 0 Å². The second-order valence-electron chi connectivity index (χ2n) is 4.21. The van der Waals surface area contributed by atoms with E-state index >= 15 is 0 Å². The first-order valence-corrected chi connectivity index (χ1v) is 5.09. The zero-order valence-corrected chi connectivity index (χ0v) is 8.08. The predicted octanol–water partition coefficient (Wildman–Crippen LogP) is 0.230. The van der Waals surface area contributed by atoms with Gasteiger partial charge in [0.25, 0.3) is 0 Å². The van der Waals surface area contributed by atoms with Crippen molar-refractivity contribution in [3.63, 3.8) is 0 Å². The molecule has 4 nitrogen and oxygen atoms in total. The number of nitrogens with two attached hydrogens (primary N) is 1. The molecule has 5 heteroatoms. The van der Waals surface area contributed by atoms with Gasteiger partial charge in [0.15, 0.2) is 0 Å². The molecule has 1 saturated carbocycles.